The molecule has 0 saturated carbocycles. The van der Waals surface area contributed by atoms with Crippen molar-refractivity contribution in [3.8, 4) is 5.75 Å². The van der Waals surface area contributed by atoms with Crippen LogP contribution in [0.4, 0.5) is 4.39 Å². The number of esters is 1. The van der Waals surface area contributed by atoms with Crippen molar-refractivity contribution in [2.24, 2.45) is 0 Å². The highest BCUT2D eigenvalue weighted by atomic mass is 32.2. The molecule has 29 heavy (non-hydrogen) atoms. The van der Waals surface area contributed by atoms with Crippen molar-refractivity contribution in [1.29, 1.82) is 0 Å². The minimum absolute atomic E-state index is 0.235. The zero-order valence-corrected chi connectivity index (χ0v) is 17.8. The molecular weight excluding hydrogens is 387 g/mol. The molecule has 0 radical (unpaired) electrons. The first-order chi connectivity index (χ1) is 13.8. The smallest absolute Gasteiger partial charge is 0.337 e. The molecule has 0 spiro atoms. The third-order valence-corrected chi connectivity index (χ3v) is 6.26. The summed E-state index contributed by atoms with van der Waals surface area (Å²) < 4.78 is 25.3. The third-order valence-electron chi connectivity index (χ3n) is 4.05. The largest absolute Gasteiger partial charge is 0.485 e. The lowest BCUT2D eigenvalue weighted by Crippen LogP contribution is -2.23. The summed E-state index contributed by atoms with van der Waals surface area (Å²) in [6.45, 7) is 5.66. The summed E-state index contributed by atoms with van der Waals surface area (Å²) in [5.41, 5.74) is 0.000622. The number of hydrogen-bond acceptors (Lipinski definition) is 3. The normalized spacial score (nSPS) is 12.3. The number of halogens is 1. The van der Waals surface area contributed by atoms with E-state index in [-0.39, 0.29) is 11.7 Å². The number of ether oxygens (including phenoxy) is 2. The van der Waals surface area contributed by atoms with Gasteiger partial charge in [-0.05, 0) is 69.3 Å². The Morgan fingerprint density at radius 2 is 1.45 bits per heavy atom. The number of methoxy groups -OCH3 is 1. The van der Waals surface area contributed by atoms with Gasteiger partial charge in [-0.3, -0.25) is 0 Å². The Kier molecular flexibility index (Phi) is 6.28. The summed E-state index contributed by atoms with van der Waals surface area (Å²) in [7, 11) is 0.828. The lowest BCUT2D eigenvalue weighted by atomic mass is 10.2. The van der Waals surface area contributed by atoms with Gasteiger partial charge in [-0.2, -0.15) is 0 Å². The quantitative estimate of drug-likeness (QED) is 0.388. The van der Waals surface area contributed by atoms with Crippen molar-refractivity contribution < 1.29 is 18.7 Å². The molecule has 0 heterocycles. The zero-order valence-electron chi connectivity index (χ0n) is 16.9. The maximum absolute atomic E-state index is 14.8. The van der Waals surface area contributed by atoms with Gasteiger partial charge < -0.3 is 9.47 Å². The van der Waals surface area contributed by atoms with Crippen molar-refractivity contribution in [1.82, 2.24) is 0 Å². The van der Waals surface area contributed by atoms with E-state index >= 15 is 0 Å². The fourth-order valence-electron chi connectivity index (χ4n) is 2.83. The third kappa shape index (κ3) is 5.18. The highest BCUT2D eigenvalue weighted by Gasteiger charge is 2.30. The van der Waals surface area contributed by atoms with Crippen LogP contribution in [0.1, 0.15) is 31.1 Å². The van der Waals surface area contributed by atoms with Crippen molar-refractivity contribution in [2.45, 2.75) is 41.1 Å². The first-order valence-corrected chi connectivity index (χ1v) is 10.5. The van der Waals surface area contributed by atoms with Crippen LogP contribution in [0.15, 0.2) is 87.5 Å². The SMILES string of the molecule is COC(=O)c1ccc([S+](c2ccccc2)c2ccc(OC(C)(C)C)c(F)c2)cc1. The van der Waals surface area contributed by atoms with Crippen molar-refractivity contribution in [3.63, 3.8) is 0 Å². The van der Waals surface area contributed by atoms with E-state index in [1.807, 2.05) is 69.3 Å². The molecule has 3 rings (SSSR count). The molecule has 0 fully saturated rings. The minimum Gasteiger partial charge on any atom is -0.485 e. The van der Waals surface area contributed by atoms with Crippen LogP contribution in [0, 0.1) is 5.82 Å². The molecule has 0 N–H and O–H groups in total. The molecule has 0 aliphatic carbocycles. The summed E-state index contributed by atoms with van der Waals surface area (Å²) in [6, 6.07) is 22.3. The van der Waals surface area contributed by atoms with Crippen molar-refractivity contribution in [3.05, 3.63) is 84.2 Å². The second kappa shape index (κ2) is 8.70. The Morgan fingerprint density at radius 3 is 2.00 bits per heavy atom. The molecule has 0 aromatic heterocycles. The van der Waals surface area contributed by atoms with E-state index in [1.54, 1.807) is 18.2 Å². The summed E-state index contributed by atoms with van der Waals surface area (Å²) in [5, 5.41) is 0. The monoisotopic (exact) mass is 411 g/mol. The molecule has 5 heteroatoms. The van der Waals surface area contributed by atoms with E-state index in [0.29, 0.717) is 5.56 Å². The number of carbonyl (C=O) groups is 1. The van der Waals surface area contributed by atoms with Crippen LogP contribution in [0.5, 0.6) is 5.75 Å². The van der Waals surface area contributed by atoms with Gasteiger partial charge in [0.05, 0.1) is 23.6 Å². The fraction of sp³-hybridized carbons (Fsp3) is 0.208. The van der Waals surface area contributed by atoms with Gasteiger partial charge in [-0.25, -0.2) is 9.18 Å². The van der Waals surface area contributed by atoms with Gasteiger partial charge in [0.2, 0.25) is 0 Å². The molecule has 3 aromatic carbocycles. The van der Waals surface area contributed by atoms with Gasteiger partial charge in [0.15, 0.2) is 26.3 Å². The molecule has 0 aliphatic heterocycles. The lowest BCUT2D eigenvalue weighted by Gasteiger charge is -2.21. The maximum atomic E-state index is 14.8. The average molecular weight is 412 g/mol. The van der Waals surface area contributed by atoms with E-state index in [9.17, 15) is 9.18 Å². The van der Waals surface area contributed by atoms with Gasteiger partial charge in [0.1, 0.15) is 5.60 Å². The van der Waals surface area contributed by atoms with Crippen LogP contribution in [0.3, 0.4) is 0 Å². The summed E-state index contributed by atoms with van der Waals surface area (Å²) in [6.07, 6.45) is 0. The molecule has 0 bridgehead atoms. The maximum Gasteiger partial charge on any atom is 0.337 e. The fourth-order valence-corrected chi connectivity index (χ4v) is 4.91. The van der Waals surface area contributed by atoms with Gasteiger partial charge in [-0.15, -0.1) is 0 Å². The Balaban J connectivity index is 2.03. The number of rotatable bonds is 5. The van der Waals surface area contributed by atoms with Crippen molar-refractivity contribution in [2.75, 3.05) is 7.11 Å². The van der Waals surface area contributed by atoms with Crippen LogP contribution in [0.25, 0.3) is 0 Å². The number of hydrogen-bond donors (Lipinski definition) is 0. The van der Waals surface area contributed by atoms with E-state index in [0.717, 1.165) is 14.7 Å². The minimum atomic E-state index is -0.527. The van der Waals surface area contributed by atoms with Crippen LogP contribution in [-0.4, -0.2) is 18.7 Å². The average Bonchev–Trinajstić information content (AvgIpc) is 2.70. The molecule has 150 valence electrons. The predicted octanol–water partition coefficient (Wildman–Crippen LogP) is 5.89. The molecule has 3 nitrogen and oxygen atoms in total. The van der Waals surface area contributed by atoms with E-state index < -0.39 is 22.3 Å². The Hall–Kier alpha value is -2.79. The van der Waals surface area contributed by atoms with Crippen LogP contribution >= 0.6 is 0 Å². The molecule has 0 amide bonds. The van der Waals surface area contributed by atoms with Gasteiger partial charge in [0.25, 0.3) is 0 Å². The van der Waals surface area contributed by atoms with E-state index in [1.165, 1.54) is 13.2 Å². The summed E-state index contributed by atoms with van der Waals surface area (Å²) >= 11 is 0. The molecule has 1 unspecified atom stereocenters. The number of carbonyl (C=O) groups excluding carboxylic acids is 1. The van der Waals surface area contributed by atoms with Crippen LogP contribution in [0.2, 0.25) is 0 Å². The Bertz CT molecular complexity index is 979. The first-order valence-electron chi connectivity index (χ1n) is 9.25. The number of benzene rings is 3. The Labute approximate surface area is 173 Å². The summed E-state index contributed by atoms with van der Waals surface area (Å²) in [4.78, 5) is 14.6. The second-order valence-electron chi connectivity index (χ2n) is 7.44. The zero-order chi connectivity index (χ0) is 21.0. The van der Waals surface area contributed by atoms with Gasteiger partial charge in [-0.1, -0.05) is 18.2 Å². The molecule has 0 aliphatic rings. The van der Waals surface area contributed by atoms with Gasteiger partial charge >= 0.3 is 5.97 Å². The predicted molar refractivity (Wildman–Crippen MR) is 113 cm³/mol. The standard InChI is InChI=1S/C24H24FO3S/c1-24(2,3)28-22-15-14-20(16-21(22)25)29(18-8-6-5-7-9-18)19-12-10-17(11-13-19)23(26)27-4/h5-16H,1-4H3/q+1. The topological polar surface area (TPSA) is 35.5 Å². The molecule has 1 atom stereocenters. The molecular formula is C24H24FO3S+. The summed E-state index contributed by atoms with van der Waals surface area (Å²) in [5.74, 6) is -0.540. The molecule has 0 saturated heterocycles. The lowest BCUT2D eigenvalue weighted by molar-refractivity contribution is 0.0600. The Morgan fingerprint density at radius 1 is 0.862 bits per heavy atom. The van der Waals surface area contributed by atoms with E-state index in [4.69, 9.17) is 9.47 Å². The first kappa shape index (κ1) is 20.9. The molecule has 3 aromatic rings. The highest BCUT2D eigenvalue weighted by molar-refractivity contribution is 7.97. The van der Waals surface area contributed by atoms with Crippen molar-refractivity contribution >= 4 is 16.9 Å². The van der Waals surface area contributed by atoms with Gasteiger partial charge in [0, 0.05) is 6.07 Å². The van der Waals surface area contributed by atoms with Crippen LogP contribution < -0.4 is 4.74 Å². The van der Waals surface area contributed by atoms with E-state index in [2.05, 4.69) is 0 Å². The van der Waals surface area contributed by atoms with Crippen LogP contribution in [-0.2, 0) is 15.6 Å². The second-order valence-corrected chi connectivity index (χ2v) is 9.47. The highest BCUT2D eigenvalue weighted by Crippen LogP contribution is 2.34.